The molecule has 2 amide bonds. The highest BCUT2D eigenvalue weighted by molar-refractivity contribution is 7.90. The zero-order chi connectivity index (χ0) is 16.6. The van der Waals surface area contributed by atoms with Crippen LogP contribution in [0.5, 0.6) is 0 Å². The zero-order valence-electron chi connectivity index (χ0n) is 13.1. The Morgan fingerprint density at radius 1 is 1.26 bits per heavy atom. The van der Waals surface area contributed by atoms with Gasteiger partial charge in [-0.25, -0.2) is 17.6 Å². The first-order valence-electron chi connectivity index (χ1n) is 7.93. The highest BCUT2D eigenvalue weighted by Crippen LogP contribution is 2.36. The molecule has 0 aromatic heterocycles. The van der Waals surface area contributed by atoms with E-state index < -0.39 is 15.7 Å². The molecule has 5 nitrogen and oxygen atoms in total. The van der Waals surface area contributed by atoms with Crippen LogP contribution in [-0.2, 0) is 9.84 Å². The number of carbonyl (C=O) groups excluding carboxylic acids is 1. The van der Waals surface area contributed by atoms with Crippen LogP contribution < -0.4 is 5.32 Å². The average Bonchev–Trinajstić information content (AvgIpc) is 2.90. The Kier molecular flexibility index (Phi) is 4.31. The van der Waals surface area contributed by atoms with Crippen molar-refractivity contribution >= 4 is 21.6 Å². The third kappa shape index (κ3) is 3.34. The van der Waals surface area contributed by atoms with Crippen molar-refractivity contribution < 1.29 is 17.6 Å². The van der Waals surface area contributed by atoms with E-state index in [9.17, 15) is 17.6 Å². The van der Waals surface area contributed by atoms with E-state index in [0.29, 0.717) is 5.92 Å². The van der Waals surface area contributed by atoms with Gasteiger partial charge in [0, 0.05) is 24.5 Å². The van der Waals surface area contributed by atoms with Gasteiger partial charge in [0.15, 0.2) is 9.84 Å². The summed E-state index contributed by atoms with van der Waals surface area (Å²) in [7, 11) is -3.61. The maximum absolute atomic E-state index is 13.9. The first-order valence-corrected chi connectivity index (χ1v) is 9.82. The number of nitrogens with zero attached hydrogens (tertiary/aromatic N) is 1. The second-order valence-corrected chi connectivity index (χ2v) is 8.43. The number of likely N-dealkylation sites (tertiary alicyclic amines) is 1. The zero-order valence-corrected chi connectivity index (χ0v) is 13.9. The third-order valence-electron chi connectivity index (χ3n) is 4.85. The first kappa shape index (κ1) is 16.2. The maximum Gasteiger partial charge on any atom is 0.322 e. The predicted octanol–water partition coefficient (Wildman–Crippen LogP) is 3.03. The fourth-order valence-electron chi connectivity index (χ4n) is 3.73. The molecule has 1 heterocycles. The summed E-state index contributed by atoms with van der Waals surface area (Å²) in [5.41, 5.74) is 0.277. The van der Waals surface area contributed by atoms with Crippen molar-refractivity contribution in [3.8, 4) is 0 Å². The summed E-state index contributed by atoms with van der Waals surface area (Å²) in [5.74, 6) is -0.263. The van der Waals surface area contributed by atoms with E-state index in [2.05, 4.69) is 5.32 Å². The van der Waals surface area contributed by atoms with Crippen molar-refractivity contribution in [1.29, 1.82) is 0 Å². The minimum Gasteiger partial charge on any atom is -0.321 e. The van der Waals surface area contributed by atoms with Crippen LogP contribution in [0.2, 0.25) is 0 Å². The number of anilines is 1. The van der Waals surface area contributed by atoms with E-state index in [1.807, 2.05) is 4.90 Å². The Labute approximate surface area is 135 Å². The van der Waals surface area contributed by atoms with Crippen LogP contribution in [0.3, 0.4) is 0 Å². The molecule has 2 aliphatic rings. The molecule has 0 unspecified atom stereocenters. The molecule has 23 heavy (non-hydrogen) atoms. The summed E-state index contributed by atoms with van der Waals surface area (Å²) in [4.78, 5) is 13.9. The van der Waals surface area contributed by atoms with Crippen molar-refractivity contribution in [2.45, 2.75) is 43.0 Å². The highest BCUT2D eigenvalue weighted by atomic mass is 32.2. The van der Waals surface area contributed by atoms with Crippen LogP contribution >= 0.6 is 0 Å². The number of rotatable bonds is 2. The Morgan fingerprint density at radius 2 is 2.00 bits per heavy atom. The smallest absolute Gasteiger partial charge is 0.321 e. The van der Waals surface area contributed by atoms with Crippen molar-refractivity contribution in [2.24, 2.45) is 5.92 Å². The van der Waals surface area contributed by atoms with Gasteiger partial charge in [-0.3, -0.25) is 0 Å². The van der Waals surface area contributed by atoms with Crippen LogP contribution in [0.15, 0.2) is 23.1 Å². The Morgan fingerprint density at radius 3 is 2.70 bits per heavy atom. The van der Waals surface area contributed by atoms with E-state index >= 15 is 0 Å². The predicted molar refractivity (Wildman–Crippen MR) is 85.6 cm³/mol. The SMILES string of the molecule is CS(=O)(=O)c1ccc(NC(=O)N2CC[C@@H]3CCCC[C@H]32)cc1F. The van der Waals surface area contributed by atoms with Crippen molar-refractivity contribution in [1.82, 2.24) is 4.90 Å². The summed E-state index contributed by atoms with van der Waals surface area (Å²) < 4.78 is 36.7. The van der Waals surface area contributed by atoms with Gasteiger partial charge in [0.1, 0.15) is 10.7 Å². The van der Waals surface area contributed by atoms with Gasteiger partial charge < -0.3 is 10.2 Å². The van der Waals surface area contributed by atoms with Gasteiger partial charge in [-0.15, -0.1) is 0 Å². The molecule has 7 heteroatoms. The number of amides is 2. The maximum atomic E-state index is 13.9. The van der Waals surface area contributed by atoms with Crippen LogP contribution in [-0.4, -0.2) is 38.2 Å². The summed E-state index contributed by atoms with van der Waals surface area (Å²) in [6.45, 7) is 0.727. The number of sulfone groups is 1. The van der Waals surface area contributed by atoms with Crippen LogP contribution in [0, 0.1) is 11.7 Å². The molecule has 1 aromatic carbocycles. The topological polar surface area (TPSA) is 66.5 Å². The van der Waals surface area contributed by atoms with E-state index in [0.717, 1.165) is 38.1 Å². The van der Waals surface area contributed by atoms with Crippen molar-refractivity contribution in [3.63, 3.8) is 0 Å². The standard InChI is InChI=1S/C16H21FN2O3S/c1-23(21,22)15-7-6-12(10-13(15)17)18-16(20)19-9-8-11-4-2-3-5-14(11)19/h6-7,10-11,14H,2-5,8-9H2,1H3,(H,18,20)/t11-,14+/m0/s1. The van der Waals surface area contributed by atoms with Gasteiger partial charge in [-0.1, -0.05) is 12.8 Å². The van der Waals surface area contributed by atoms with E-state index in [1.54, 1.807) is 0 Å². The lowest BCUT2D eigenvalue weighted by Gasteiger charge is -2.31. The minimum atomic E-state index is -3.61. The average molecular weight is 340 g/mol. The van der Waals surface area contributed by atoms with Gasteiger partial charge in [0.25, 0.3) is 0 Å². The molecule has 2 fully saturated rings. The number of carbonyl (C=O) groups is 1. The van der Waals surface area contributed by atoms with Crippen molar-refractivity contribution in [3.05, 3.63) is 24.0 Å². The molecule has 1 aliphatic carbocycles. The van der Waals surface area contributed by atoms with E-state index in [1.165, 1.54) is 25.0 Å². The molecule has 1 aliphatic heterocycles. The molecule has 1 saturated carbocycles. The minimum absolute atomic E-state index is 0.231. The normalized spacial score (nSPS) is 24.3. The quantitative estimate of drug-likeness (QED) is 0.900. The summed E-state index contributed by atoms with van der Waals surface area (Å²) in [6.07, 6.45) is 6.56. The molecular weight excluding hydrogens is 319 g/mol. The second kappa shape index (κ2) is 6.11. The number of urea groups is 1. The fourth-order valence-corrected chi connectivity index (χ4v) is 4.46. The molecule has 0 bridgehead atoms. The van der Waals surface area contributed by atoms with Crippen LogP contribution in [0.4, 0.5) is 14.9 Å². The number of hydrogen-bond donors (Lipinski definition) is 1. The third-order valence-corrected chi connectivity index (χ3v) is 5.98. The monoisotopic (exact) mass is 340 g/mol. The molecular formula is C16H21FN2O3S. The number of benzene rings is 1. The van der Waals surface area contributed by atoms with Gasteiger partial charge in [0.2, 0.25) is 0 Å². The highest BCUT2D eigenvalue weighted by Gasteiger charge is 2.38. The largest absolute Gasteiger partial charge is 0.322 e. The lowest BCUT2D eigenvalue weighted by Crippen LogP contribution is -2.41. The Bertz CT molecular complexity index is 720. The fraction of sp³-hybridized carbons (Fsp3) is 0.562. The van der Waals surface area contributed by atoms with E-state index in [4.69, 9.17) is 0 Å². The van der Waals surface area contributed by atoms with Crippen LogP contribution in [0.1, 0.15) is 32.1 Å². The summed E-state index contributed by atoms with van der Waals surface area (Å²) in [6, 6.07) is 3.72. The van der Waals surface area contributed by atoms with Gasteiger partial charge in [-0.2, -0.15) is 0 Å². The lowest BCUT2D eigenvalue weighted by atomic mass is 9.85. The molecule has 0 spiro atoms. The molecule has 1 aromatic rings. The van der Waals surface area contributed by atoms with Gasteiger partial charge in [-0.05, 0) is 43.4 Å². The van der Waals surface area contributed by atoms with Crippen LogP contribution in [0.25, 0.3) is 0 Å². The summed E-state index contributed by atoms with van der Waals surface area (Å²) in [5, 5.41) is 2.69. The Balaban J connectivity index is 1.72. The molecule has 1 saturated heterocycles. The second-order valence-electron chi connectivity index (χ2n) is 6.44. The Hall–Kier alpha value is -1.63. The lowest BCUT2D eigenvalue weighted by molar-refractivity contribution is 0.182. The van der Waals surface area contributed by atoms with Gasteiger partial charge >= 0.3 is 6.03 Å². The first-order chi connectivity index (χ1) is 10.9. The van der Waals surface area contributed by atoms with E-state index in [-0.39, 0.29) is 22.7 Å². The number of nitrogens with one attached hydrogen (secondary N) is 1. The molecule has 0 radical (unpaired) electrons. The molecule has 126 valence electrons. The number of fused-ring (bicyclic) bond motifs is 1. The number of halogens is 1. The molecule has 1 N–H and O–H groups in total. The summed E-state index contributed by atoms with van der Waals surface area (Å²) >= 11 is 0. The van der Waals surface area contributed by atoms with Gasteiger partial charge in [0.05, 0.1) is 0 Å². The number of hydrogen-bond acceptors (Lipinski definition) is 3. The molecule has 3 rings (SSSR count). The molecule has 2 atom stereocenters. The van der Waals surface area contributed by atoms with Crippen molar-refractivity contribution in [2.75, 3.05) is 18.1 Å².